The van der Waals surface area contributed by atoms with Crippen LogP contribution >= 0.6 is 11.6 Å². The van der Waals surface area contributed by atoms with Crippen LogP contribution in [0.5, 0.6) is 17.5 Å². The maximum absolute atomic E-state index is 11.9. The summed E-state index contributed by atoms with van der Waals surface area (Å²) in [5.74, 6) is 0.913. The molecule has 4 rings (SSSR count). The fourth-order valence-electron chi connectivity index (χ4n) is 2.60. The van der Waals surface area contributed by atoms with Gasteiger partial charge in [0.25, 0.3) is 5.71 Å². The molecule has 26 heavy (non-hydrogen) atoms. The summed E-state index contributed by atoms with van der Waals surface area (Å²) >= 11 is 5.94. The molecule has 7 heteroatoms. The van der Waals surface area contributed by atoms with Gasteiger partial charge in [-0.15, -0.1) is 0 Å². The van der Waals surface area contributed by atoms with Crippen molar-refractivity contribution in [2.24, 2.45) is 0 Å². The van der Waals surface area contributed by atoms with E-state index in [-0.39, 0.29) is 11.8 Å². The van der Waals surface area contributed by atoms with Gasteiger partial charge in [-0.3, -0.25) is 5.11 Å². The zero-order chi connectivity index (χ0) is 18.3. The summed E-state index contributed by atoms with van der Waals surface area (Å²) in [5, 5.41) is 12.4. The Bertz CT molecular complexity index is 1100. The van der Waals surface area contributed by atoms with E-state index < -0.39 is 0 Å². The van der Waals surface area contributed by atoms with Gasteiger partial charge in [-0.25, -0.2) is 9.97 Å². The van der Waals surface area contributed by atoms with Crippen molar-refractivity contribution in [2.45, 2.75) is 13.8 Å². The molecule has 6 nitrogen and oxygen atoms in total. The molecule has 4 aromatic rings. The minimum absolute atomic E-state index is 0.0156. The van der Waals surface area contributed by atoms with Crippen molar-refractivity contribution in [1.82, 2.24) is 15.0 Å². The van der Waals surface area contributed by atoms with Crippen LogP contribution in [0.3, 0.4) is 0 Å². The van der Waals surface area contributed by atoms with Crippen molar-refractivity contribution in [3.05, 3.63) is 58.7 Å². The van der Waals surface area contributed by atoms with Crippen molar-refractivity contribution in [3.63, 3.8) is 0 Å². The Kier molecular flexibility index (Phi) is 3.97. The minimum atomic E-state index is 0.0156. The highest BCUT2D eigenvalue weighted by molar-refractivity contribution is 6.30. The van der Waals surface area contributed by atoms with Crippen LogP contribution in [-0.4, -0.2) is 15.0 Å². The topological polar surface area (TPSA) is 80.9 Å². The van der Waals surface area contributed by atoms with Crippen molar-refractivity contribution >= 4 is 22.8 Å². The van der Waals surface area contributed by atoms with Crippen LogP contribution in [-0.2, 0) is 5.11 Å². The van der Waals surface area contributed by atoms with Crippen molar-refractivity contribution in [1.29, 1.82) is 0 Å². The number of oxazole rings is 1. The van der Waals surface area contributed by atoms with Gasteiger partial charge in [0, 0.05) is 10.6 Å². The highest BCUT2D eigenvalue weighted by atomic mass is 35.5. The third kappa shape index (κ3) is 3.07. The zero-order valence-electron chi connectivity index (χ0n) is 14.0. The number of aromatic nitrogens is 3. The Labute approximate surface area is 154 Å². The molecule has 0 bridgehead atoms. The lowest BCUT2D eigenvalue weighted by Crippen LogP contribution is -1.91. The number of nitrogens with zero attached hydrogens (tertiary/aromatic N) is 3. The second kappa shape index (κ2) is 6.31. The first-order chi connectivity index (χ1) is 12.5. The molecule has 129 valence electrons. The van der Waals surface area contributed by atoms with Crippen LogP contribution in [0.25, 0.3) is 22.7 Å². The normalized spacial score (nSPS) is 11.0. The number of ether oxygens (including phenoxy) is 1. The first-order valence-electron chi connectivity index (χ1n) is 7.85. The van der Waals surface area contributed by atoms with Crippen molar-refractivity contribution < 1.29 is 14.3 Å². The molecule has 0 fully saturated rings. The van der Waals surface area contributed by atoms with E-state index in [0.717, 1.165) is 5.56 Å². The van der Waals surface area contributed by atoms with E-state index in [0.29, 0.717) is 39.0 Å². The summed E-state index contributed by atoms with van der Waals surface area (Å²) < 4.78 is 11.3. The number of aryl methyl sites for hydroxylation is 2. The number of halogens is 1. The molecule has 0 unspecified atom stereocenters. The van der Waals surface area contributed by atoms with E-state index >= 15 is 0 Å². The van der Waals surface area contributed by atoms with Gasteiger partial charge >= 0.3 is 6.01 Å². The van der Waals surface area contributed by atoms with Gasteiger partial charge in [-0.05, 0) is 55.3 Å². The molecule has 2 heterocycles. The first kappa shape index (κ1) is 16.4. The van der Waals surface area contributed by atoms with Crippen LogP contribution in [0, 0.1) is 13.8 Å². The number of fused-ring (bicyclic) bond motifs is 1. The van der Waals surface area contributed by atoms with E-state index in [1.54, 1.807) is 50.2 Å². The molecule has 0 saturated heterocycles. The molecule has 2 aromatic carbocycles. The summed E-state index contributed by atoms with van der Waals surface area (Å²) in [7, 11) is 0. The minimum Gasteiger partial charge on any atom is -0.424 e. The molecule has 2 aromatic heterocycles. The molecule has 0 aliphatic carbocycles. The summed E-state index contributed by atoms with van der Waals surface area (Å²) in [6.45, 7) is 3.52. The largest absolute Gasteiger partial charge is 0.424 e. The first-order valence-corrected chi connectivity index (χ1v) is 8.23. The Morgan fingerprint density at radius 2 is 1.85 bits per heavy atom. The average molecular weight is 367 g/mol. The third-order valence-corrected chi connectivity index (χ3v) is 4.08. The Balaban J connectivity index is 1.70. The van der Waals surface area contributed by atoms with Gasteiger partial charge in [0.15, 0.2) is 5.75 Å². The Morgan fingerprint density at radius 1 is 1.08 bits per heavy atom. The number of rotatable bonds is 3. The number of hydrogen-bond acceptors (Lipinski definition) is 5. The quantitative estimate of drug-likeness (QED) is 0.478. The Hall–Kier alpha value is -3.12. The average Bonchev–Trinajstić information content (AvgIpc) is 3.02. The van der Waals surface area contributed by atoms with Crippen LogP contribution in [0.1, 0.15) is 11.1 Å². The lowest BCUT2D eigenvalue weighted by atomic mass is 10.1. The van der Waals surface area contributed by atoms with E-state index in [2.05, 4.69) is 15.0 Å². The van der Waals surface area contributed by atoms with E-state index in [1.807, 2.05) is 0 Å². The maximum Gasteiger partial charge on any atom is 0.325 e. The fourth-order valence-corrected chi connectivity index (χ4v) is 2.78. The molecular formula is C19H13ClN3O3. The van der Waals surface area contributed by atoms with Crippen molar-refractivity contribution in [3.8, 4) is 29.0 Å². The lowest BCUT2D eigenvalue weighted by molar-refractivity contribution is 0.348. The van der Waals surface area contributed by atoms with E-state index in [4.69, 9.17) is 20.8 Å². The van der Waals surface area contributed by atoms with Crippen LogP contribution in [0.4, 0.5) is 0 Å². The van der Waals surface area contributed by atoms with Gasteiger partial charge in [0.05, 0.1) is 6.20 Å². The number of hydrogen-bond donors (Lipinski definition) is 0. The van der Waals surface area contributed by atoms with Crippen molar-refractivity contribution in [2.75, 3.05) is 0 Å². The second-order valence-electron chi connectivity index (χ2n) is 5.86. The van der Waals surface area contributed by atoms with Gasteiger partial charge in [0.1, 0.15) is 11.3 Å². The van der Waals surface area contributed by atoms with Gasteiger partial charge < -0.3 is 9.15 Å². The standard InChI is InChI=1S/C19H13ClN3O3/c1-10-6-12(7-11(2)16(10)24)17-22-15-9-21-19(23-18(15)26-17)25-14-5-3-4-13(20)8-14/h3-9H,1-2H3. The summed E-state index contributed by atoms with van der Waals surface area (Å²) in [4.78, 5) is 12.8. The molecule has 0 atom stereocenters. The molecular weight excluding hydrogens is 354 g/mol. The Morgan fingerprint density at radius 3 is 2.58 bits per heavy atom. The maximum atomic E-state index is 11.9. The smallest absolute Gasteiger partial charge is 0.325 e. The molecule has 0 aliphatic heterocycles. The van der Waals surface area contributed by atoms with E-state index in [1.165, 1.54) is 6.20 Å². The molecule has 0 aliphatic rings. The van der Waals surface area contributed by atoms with Gasteiger partial charge in [-0.1, -0.05) is 17.7 Å². The lowest BCUT2D eigenvalue weighted by Gasteiger charge is -2.03. The number of benzene rings is 2. The zero-order valence-corrected chi connectivity index (χ0v) is 14.7. The second-order valence-corrected chi connectivity index (χ2v) is 6.30. The fraction of sp³-hybridized carbons (Fsp3) is 0.105. The SMILES string of the molecule is Cc1cc(-c2nc3cnc(Oc4cccc(Cl)c4)nc3o2)cc(C)c1[O]. The molecule has 0 amide bonds. The summed E-state index contributed by atoms with van der Waals surface area (Å²) in [6.07, 6.45) is 1.52. The van der Waals surface area contributed by atoms with Gasteiger partial charge in [-0.2, -0.15) is 4.98 Å². The molecule has 1 radical (unpaired) electrons. The van der Waals surface area contributed by atoms with E-state index in [9.17, 15) is 5.11 Å². The van der Waals surface area contributed by atoms with Crippen LogP contribution in [0.15, 0.2) is 47.0 Å². The predicted molar refractivity (Wildman–Crippen MR) is 96.2 cm³/mol. The summed E-state index contributed by atoms with van der Waals surface area (Å²) in [6, 6.07) is 10.6. The molecule has 0 spiro atoms. The molecule has 0 N–H and O–H groups in total. The van der Waals surface area contributed by atoms with Crippen LogP contribution < -0.4 is 4.74 Å². The summed E-state index contributed by atoms with van der Waals surface area (Å²) in [5.41, 5.74) is 2.79. The van der Waals surface area contributed by atoms with Gasteiger partial charge in [0.2, 0.25) is 5.89 Å². The highest BCUT2D eigenvalue weighted by Crippen LogP contribution is 2.31. The molecule has 0 saturated carbocycles. The van der Waals surface area contributed by atoms with Crippen LogP contribution in [0.2, 0.25) is 5.02 Å². The predicted octanol–water partition coefficient (Wildman–Crippen LogP) is 5.49. The third-order valence-electron chi connectivity index (χ3n) is 3.84. The monoisotopic (exact) mass is 366 g/mol. The highest BCUT2D eigenvalue weighted by Gasteiger charge is 2.14.